The van der Waals surface area contributed by atoms with Gasteiger partial charge in [0.25, 0.3) is 0 Å². The number of rotatable bonds is 6. The Hall–Kier alpha value is -3.38. The molecule has 0 saturated heterocycles. The summed E-state index contributed by atoms with van der Waals surface area (Å²) in [6.07, 6.45) is -8.97. The van der Waals surface area contributed by atoms with Gasteiger partial charge in [0, 0.05) is 19.4 Å². The number of nitrogens with zero attached hydrogens (tertiary/aromatic N) is 1. The highest BCUT2D eigenvalue weighted by Gasteiger charge is 2.52. The number of ether oxygens (including phenoxy) is 2. The molecule has 2 aliphatic rings. The Bertz CT molecular complexity index is 1330. The van der Waals surface area contributed by atoms with E-state index in [-0.39, 0.29) is 30.9 Å². The zero-order valence-electron chi connectivity index (χ0n) is 17.9. The van der Waals surface area contributed by atoms with Crippen molar-refractivity contribution >= 4 is 22.5 Å². The number of aromatic nitrogens is 1. The lowest BCUT2D eigenvalue weighted by Gasteiger charge is -2.17. The van der Waals surface area contributed by atoms with E-state index in [2.05, 4.69) is 14.8 Å². The lowest BCUT2D eigenvalue weighted by Crippen LogP contribution is -2.28. The van der Waals surface area contributed by atoms with Gasteiger partial charge in [-0.05, 0) is 54.8 Å². The second kappa shape index (κ2) is 7.82. The molecule has 2 heterocycles. The van der Waals surface area contributed by atoms with E-state index in [9.17, 15) is 31.9 Å². The average molecular weight is 502 g/mol. The number of carbonyl (C=O) groups is 1. The van der Waals surface area contributed by atoms with Crippen LogP contribution in [0.15, 0.2) is 42.5 Å². The lowest BCUT2D eigenvalue weighted by molar-refractivity contribution is -0.286. The molecule has 1 aliphatic carbocycles. The smallest absolute Gasteiger partial charge is 0.395 e. The summed E-state index contributed by atoms with van der Waals surface area (Å²) in [4.78, 5) is 13.1. The van der Waals surface area contributed by atoms with E-state index in [1.165, 1.54) is 36.4 Å². The second-order valence-electron chi connectivity index (χ2n) is 8.61. The standard InChI is InChI=1S/C23H19F5N2O5.2H2/c24-22(25,26)19-8-12-7-14(2-3-16(12)30(19)10-15(32)11-31)29-20(33)21(5-6-21)13-1-4-17-18(9-13)35-23(27,28)34-17;;/h1-4,7-9,15,31-32H,5-6,10-11H2,(H,29,33);2*1H/t15-;;/m1../s1. The maximum Gasteiger partial charge on any atom is 0.586 e. The summed E-state index contributed by atoms with van der Waals surface area (Å²) in [6, 6.07) is 9.22. The van der Waals surface area contributed by atoms with E-state index in [0.29, 0.717) is 18.4 Å². The molecule has 1 amide bonds. The molecule has 0 radical (unpaired) electrons. The van der Waals surface area contributed by atoms with Crippen LogP contribution in [0.3, 0.4) is 0 Å². The van der Waals surface area contributed by atoms with Gasteiger partial charge in [0.2, 0.25) is 5.91 Å². The molecular formula is C23H23F5N2O5. The van der Waals surface area contributed by atoms with Gasteiger partial charge in [-0.2, -0.15) is 13.2 Å². The number of alkyl halides is 5. The maximum atomic E-state index is 13.5. The lowest BCUT2D eigenvalue weighted by atomic mass is 9.94. The zero-order valence-corrected chi connectivity index (χ0v) is 17.9. The highest BCUT2D eigenvalue weighted by atomic mass is 19.4. The van der Waals surface area contributed by atoms with Crippen molar-refractivity contribution < 1.29 is 49.3 Å². The first-order valence-electron chi connectivity index (χ1n) is 10.6. The van der Waals surface area contributed by atoms with Crippen LogP contribution in [-0.4, -0.2) is 39.7 Å². The minimum absolute atomic E-state index is 0. The molecule has 12 heteroatoms. The fourth-order valence-corrected chi connectivity index (χ4v) is 4.32. The Morgan fingerprint density at radius 1 is 1.11 bits per heavy atom. The molecule has 0 unspecified atom stereocenters. The quantitative estimate of drug-likeness (QED) is 0.432. The van der Waals surface area contributed by atoms with Gasteiger partial charge in [0.1, 0.15) is 5.69 Å². The van der Waals surface area contributed by atoms with Crippen molar-refractivity contribution in [2.75, 3.05) is 11.9 Å². The average Bonchev–Trinajstić information content (AvgIpc) is 3.42. The first kappa shape index (κ1) is 23.4. The van der Waals surface area contributed by atoms with Crippen molar-refractivity contribution in [3.8, 4) is 11.5 Å². The van der Waals surface area contributed by atoms with Crippen molar-refractivity contribution in [1.82, 2.24) is 4.57 Å². The highest BCUT2D eigenvalue weighted by Crippen LogP contribution is 2.52. The molecule has 1 fully saturated rings. The van der Waals surface area contributed by atoms with Crippen LogP contribution in [0.4, 0.5) is 27.6 Å². The predicted molar refractivity (Wildman–Crippen MR) is 116 cm³/mol. The van der Waals surface area contributed by atoms with Crippen LogP contribution in [0.5, 0.6) is 11.5 Å². The summed E-state index contributed by atoms with van der Waals surface area (Å²) in [6.45, 7) is -1.17. The van der Waals surface area contributed by atoms with Crippen LogP contribution >= 0.6 is 0 Å². The summed E-state index contributed by atoms with van der Waals surface area (Å²) in [7, 11) is 0. The van der Waals surface area contributed by atoms with Crippen molar-refractivity contribution in [2.24, 2.45) is 0 Å². The molecule has 3 N–H and O–H groups in total. The number of carbonyl (C=O) groups excluding carboxylic acids is 1. The molecule has 7 nitrogen and oxygen atoms in total. The molecule has 0 spiro atoms. The number of hydrogen-bond acceptors (Lipinski definition) is 5. The fourth-order valence-electron chi connectivity index (χ4n) is 4.32. The number of anilines is 1. The van der Waals surface area contributed by atoms with E-state index >= 15 is 0 Å². The van der Waals surface area contributed by atoms with Crippen LogP contribution < -0.4 is 14.8 Å². The van der Waals surface area contributed by atoms with Crippen LogP contribution in [-0.2, 0) is 22.9 Å². The SMILES string of the molecule is O=C(Nc1ccc2c(c1)cc(C(F)(F)F)n2C[C@@H](O)CO)C1(c2ccc3c(c2)OC(F)(F)O3)CC1.[HH].[HH]. The van der Waals surface area contributed by atoms with Gasteiger partial charge in [-0.1, -0.05) is 6.07 Å². The Morgan fingerprint density at radius 2 is 1.83 bits per heavy atom. The zero-order chi connectivity index (χ0) is 25.2. The summed E-state index contributed by atoms with van der Waals surface area (Å²) in [5.74, 6) is -0.760. The first-order valence-corrected chi connectivity index (χ1v) is 10.6. The Morgan fingerprint density at radius 3 is 2.49 bits per heavy atom. The topological polar surface area (TPSA) is 93.0 Å². The van der Waals surface area contributed by atoms with Gasteiger partial charge in [-0.3, -0.25) is 4.79 Å². The van der Waals surface area contributed by atoms with Crippen LogP contribution in [0.25, 0.3) is 10.9 Å². The molecule has 1 aliphatic heterocycles. The number of aliphatic hydroxyl groups excluding tert-OH is 2. The maximum absolute atomic E-state index is 13.5. The molecule has 1 atom stereocenters. The van der Waals surface area contributed by atoms with Crippen molar-refractivity contribution in [3.05, 3.63) is 53.7 Å². The van der Waals surface area contributed by atoms with E-state index in [0.717, 1.165) is 10.6 Å². The third kappa shape index (κ3) is 4.16. The van der Waals surface area contributed by atoms with Crippen LogP contribution in [0, 0.1) is 0 Å². The molecule has 1 aromatic heterocycles. The number of halogens is 5. The fraction of sp³-hybridized carbons (Fsp3) is 0.348. The van der Waals surface area contributed by atoms with E-state index in [1.807, 2.05) is 0 Å². The Labute approximate surface area is 197 Å². The van der Waals surface area contributed by atoms with Crippen LogP contribution in [0.1, 0.15) is 27.0 Å². The molecule has 1 saturated carbocycles. The summed E-state index contributed by atoms with van der Waals surface area (Å²) < 4.78 is 77.0. The van der Waals surface area contributed by atoms with E-state index < -0.39 is 48.7 Å². The number of fused-ring (bicyclic) bond motifs is 2. The molecule has 5 rings (SSSR count). The minimum Gasteiger partial charge on any atom is -0.395 e. The Kier molecular flexibility index (Phi) is 5.22. The molecule has 3 aromatic rings. The third-order valence-corrected chi connectivity index (χ3v) is 6.19. The van der Waals surface area contributed by atoms with Gasteiger partial charge in [-0.25, -0.2) is 0 Å². The second-order valence-corrected chi connectivity index (χ2v) is 8.61. The molecule has 190 valence electrons. The first-order chi connectivity index (χ1) is 16.4. The van der Waals surface area contributed by atoms with Gasteiger partial charge in [0.05, 0.1) is 24.7 Å². The minimum atomic E-state index is -4.70. The molecule has 2 aromatic carbocycles. The van der Waals surface area contributed by atoms with E-state index in [4.69, 9.17) is 5.11 Å². The van der Waals surface area contributed by atoms with Gasteiger partial charge < -0.3 is 29.6 Å². The van der Waals surface area contributed by atoms with E-state index in [1.54, 1.807) is 0 Å². The van der Waals surface area contributed by atoms with Crippen molar-refractivity contribution in [2.45, 2.75) is 43.4 Å². The third-order valence-electron chi connectivity index (χ3n) is 6.19. The molecular weight excluding hydrogens is 479 g/mol. The molecule has 0 bridgehead atoms. The largest absolute Gasteiger partial charge is 0.586 e. The number of amides is 1. The summed E-state index contributed by atoms with van der Waals surface area (Å²) >= 11 is 0. The summed E-state index contributed by atoms with van der Waals surface area (Å²) in [5, 5.41) is 21.6. The van der Waals surface area contributed by atoms with Gasteiger partial charge in [-0.15, -0.1) is 8.78 Å². The number of benzene rings is 2. The monoisotopic (exact) mass is 502 g/mol. The molecule has 35 heavy (non-hydrogen) atoms. The predicted octanol–water partition coefficient (Wildman–Crippen LogP) is 4.50. The highest BCUT2D eigenvalue weighted by molar-refractivity contribution is 6.02. The van der Waals surface area contributed by atoms with Crippen molar-refractivity contribution in [3.63, 3.8) is 0 Å². The van der Waals surface area contributed by atoms with Crippen LogP contribution in [0.2, 0.25) is 0 Å². The normalized spacial score (nSPS) is 18.5. The number of hydrogen-bond donors (Lipinski definition) is 3. The number of aliphatic hydroxyl groups is 2. The van der Waals surface area contributed by atoms with Crippen molar-refractivity contribution in [1.29, 1.82) is 0 Å². The number of nitrogens with one attached hydrogen (secondary N) is 1. The van der Waals surface area contributed by atoms with Gasteiger partial charge in [0.15, 0.2) is 11.5 Å². The Balaban J connectivity index is 0.00000190. The summed E-state index contributed by atoms with van der Waals surface area (Å²) in [5.41, 5.74) is -1.12. The van der Waals surface area contributed by atoms with Gasteiger partial charge >= 0.3 is 12.5 Å².